The highest BCUT2D eigenvalue weighted by Gasteiger charge is 2.21. The maximum absolute atomic E-state index is 13.1. The topological polar surface area (TPSA) is 46.3 Å². The fourth-order valence-corrected chi connectivity index (χ4v) is 1.57. The molecule has 5 heteroatoms. The van der Waals surface area contributed by atoms with Crippen molar-refractivity contribution in [3.05, 3.63) is 42.0 Å². The molecule has 1 amide bonds. The average molecular weight is 254 g/mol. The molecule has 2 N–H and O–H groups in total. The number of carbonyl (C=O) groups excluding carboxylic acids is 1. The fraction of sp³-hybridized carbons (Fsp3) is 0.308. The lowest BCUT2D eigenvalue weighted by molar-refractivity contribution is 0.0729. The van der Waals surface area contributed by atoms with Gasteiger partial charge in [-0.2, -0.15) is 0 Å². The molecule has 1 aromatic rings. The number of nitrogen functional groups attached to an aromatic ring is 1. The first-order valence-corrected chi connectivity index (χ1v) is 5.54. The van der Waals surface area contributed by atoms with Crippen LogP contribution in [0.1, 0.15) is 24.2 Å². The zero-order valence-electron chi connectivity index (χ0n) is 10.4. The number of anilines is 1. The van der Waals surface area contributed by atoms with E-state index in [1.54, 1.807) is 6.08 Å². The number of amides is 1. The number of halogens is 2. The van der Waals surface area contributed by atoms with Crippen LogP contribution in [0.2, 0.25) is 0 Å². The number of benzene rings is 1. The van der Waals surface area contributed by atoms with Crippen LogP contribution in [0.5, 0.6) is 0 Å². The van der Waals surface area contributed by atoms with Gasteiger partial charge in [0.1, 0.15) is 0 Å². The Hall–Kier alpha value is -1.91. The monoisotopic (exact) mass is 254 g/mol. The van der Waals surface area contributed by atoms with Crippen LogP contribution in [0.4, 0.5) is 14.5 Å². The number of hydrogen-bond acceptors (Lipinski definition) is 2. The van der Waals surface area contributed by atoms with E-state index in [4.69, 9.17) is 5.73 Å². The van der Waals surface area contributed by atoms with E-state index in [1.165, 1.54) is 4.90 Å². The van der Waals surface area contributed by atoms with Crippen molar-refractivity contribution in [3.63, 3.8) is 0 Å². The Balaban J connectivity index is 3.16. The Morgan fingerprint density at radius 2 is 2.00 bits per heavy atom. The summed E-state index contributed by atoms with van der Waals surface area (Å²) < 4.78 is 26.1. The summed E-state index contributed by atoms with van der Waals surface area (Å²) in [4.78, 5) is 13.6. The van der Waals surface area contributed by atoms with Gasteiger partial charge in [-0.05, 0) is 19.9 Å². The molecule has 1 rings (SSSR count). The standard InChI is InChI=1S/C13H16F2N2O/c1-4-5-17(8(2)3)13(18)9-6-10(14)11(15)7-12(9)16/h4,6-8H,1,5,16H2,2-3H3. The molecule has 0 bridgehead atoms. The number of hydrogen-bond donors (Lipinski definition) is 1. The van der Waals surface area contributed by atoms with Crippen molar-refractivity contribution in [2.45, 2.75) is 19.9 Å². The van der Waals surface area contributed by atoms with Gasteiger partial charge in [0, 0.05) is 24.3 Å². The zero-order chi connectivity index (χ0) is 13.9. The Bertz CT molecular complexity index is 472. The van der Waals surface area contributed by atoms with Crippen LogP contribution in [0.15, 0.2) is 24.8 Å². The van der Waals surface area contributed by atoms with E-state index in [9.17, 15) is 13.6 Å². The van der Waals surface area contributed by atoms with Gasteiger partial charge in [0.05, 0.1) is 5.56 Å². The van der Waals surface area contributed by atoms with E-state index in [1.807, 2.05) is 13.8 Å². The van der Waals surface area contributed by atoms with E-state index in [0.29, 0.717) is 6.54 Å². The predicted octanol–water partition coefficient (Wildman–Crippen LogP) is 2.58. The summed E-state index contributed by atoms with van der Waals surface area (Å²) in [6.45, 7) is 7.50. The maximum Gasteiger partial charge on any atom is 0.256 e. The molecule has 3 nitrogen and oxygen atoms in total. The molecule has 0 heterocycles. The van der Waals surface area contributed by atoms with Gasteiger partial charge in [-0.1, -0.05) is 6.08 Å². The lowest BCUT2D eigenvalue weighted by atomic mass is 10.1. The molecule has 0 aliphatic carbocycles. The van der Waals surface area contributed by atoms with Gasteiger partial charge in [-0.3, -0.25) is 4.79 Å². The Labute approximate surface area is 105 Å². The molecular formula is C13H16F2N2O. The van der Waals surface area contributed by atoms with Crippen molar-refractivity contribution in [3.8, 4) is 0 Å². The highest BCUT2D eigenvalue weighted by molar-refractivity contribution is 5.99. The molecule has 0 unspecified atom stereocenters. The molecule has 98 valence electrons. The smallest absolute Gasteiger partial charge is 0.256 e. The second-order valence-electron chi connectivity index (χ2n) is 4.19. The van der Waals surface area contributed by atoms with Crippen LogP contribution in [-0.2, 0) is 0 Å². The van der Waals surface area contributed by atoms with E-state index in [-0.39, 0.29) is 17.3 Å². The number of rotatable bonds is 4. The highest BCUT2D eigenvalue weighted by atomic mass is 19.2. The lowest BCUT2D eigenvalue weighted by Gasteiger charge is -2.26. The lowest BCUT2D eigenvalue weighted by Crippen LogP contribution is -2.37. The normalized spacial score (nSPS) is 10.5. The van der Waals surface area contributed by atoms with Crippen LogP contribution in [0, 0.1) is 11.6 Å². The predicted molar refractivity (Wildman–Crippen MR) is 67.1 cm³/mol. The van der Waals surface area contributed by atoms with Crippen LogP contribution >= 0.6 is 0 Å². The van der Waals surface area contributed by atoms with Gasteiger partial charge in [0.2, 0.25) is 0 Å². The molecule has 18 heavy (non-hydrogen) atoms. The van der Waals surface area contributed by atoms with Crippen LogP contribution in [0.25, 0.3) is 0 Å². The van der Waals surface area contributed by atoms with Gasteiger partial charge in [0.15, 0.2) is 11.6 Å². The molecule has 0 aliphatic rings. The SMILES string of the molecule is C=CCN(C(=O)c1cc(F)c(F)cc1N)C(C)C. The molecule has 0 saturated heterocycles. The highest BCUT2D eigenvalue weighted by Crippen LogP contribution is 2.19. The van der Waals surface area contributed by atoms with Crippen LogP contribution < -0.4 is 5.73 Å². The van der Waals surface area contributed by atoms with Gasteiger partial charge < -0.3 is 10.6 Å². The molecule has 0 fully saturated rings. The average Bonchev–Trinajstić information content (AvgIpc) is 2.29. The van der Waals surface area contributed by atoms with Crippen molar-refractivity contribution >= 4 is 11.6 Å². The molecule has 1 aromatic carbocycles. The van der Waals surface area contributed by atoms with Gasteiger partial charge >= 0.3 is 0 Å². The first-order chi connectivity index (χ1) is 8.38. The third-order valence-electron chi connectivity index (χ3n) is 2.53. The molecule has 0 spiro atoms. The molecule has 0 aliphatic heterocycles. The summed E-state index contributed by atoms with van der Waals surface area (Å²) in [6, 6.07) is 1.54. The summed E-state index contributed by atoms with van der Waals surface area (Å²) in [5.41, 5.74) is 5.43. The summed E-state index contributed by atoms with van der Waals surface area (Å²) in [7, 11) is 0. The quantitative estimate of drug-likeness (QED) is 0.663. The first kappa shape index (κ1) is 14.2. The maximum atomic E-state index is 13.1. The second-order valence-corrected chi connectivity index (χ2v) is 4.19. The largest absolute Gasteiger partial charge is 0.398 e. The van der Waals surface area contributed by atoms with Crippen molar-refractivity contribution in [1.29, 1.82) is 0 Å². The van der Waals surface area contributed by atoms with E-state index >= 15 is 0 Å². The molecule has 0 saturated carbocycles. The van der Waals surface area contributed by atoms with Crippen LogP contribution in [0.3, 0.4) is 0 Å². The van der Waals surface area contributed by atoms with Crippen molar-refractivity contribution in [2.75, 3.05) is 12.3 Å². The van der Waals surface area contributed by atoms with Crippen LogP contribution in [-0.4, -0.2) is 23.4 Å². The minimum Gasteiger partial charge on any atom is -0.398 e. The minimum atomic E-state index is -1.09. The van der Waals surface area contributed by atoms with E-state index in [2.05, 4.69) is 6.58 Å². The third kappa shape index (κ3) is 2.85. The zero-order valence-corrected chi connectivity index (χ0v) is 10.4. The molecule has 0 radical (unpaired) electrons. The first-order valence-electron chi connectivity index (χ1n) is 5.54. The van der Waals surface area contributed by atoms with E-state index < -0.39 is 17.5 Å². The summed E-state index contributed by atoms with van der Waals surface area (Å²) in [5.74, 6) is -2.60. The van der Waals surface area contributed by atoms with Gasteiger partial charge in [-0.15, -0.1) is 6.58 Å². The number of nitrogens with two attached hydrogens (primary N) is 1. The Morgan fingerprint density at radius 1 is 1.44 bits per heavy atom. The summed E-state index contributed by atoms with van der Waals surface area (Å²) >= 11 is 0. The second kappa shape index (κ2) is 5.62. The van der Waals surface area contributed by atoms with Crippen molar-refractivity contribution in [2.24, 2.45) is 0 Å². The number of carbonyl (C=O) groups is 1. The Kier molecular flexibility index (Phi) is 4.42. The summed E-state index contributed by atoms with van der Waals surface area (Å²) in [5, 5.41) is 0. The molecule has 0 atom stereocenters. The fourth-order valence-electron chi connectivity index (χ4n) is 1.57. The Morgan fingerprint density at radius 3 is 2.50 bits per heavy atom. The van der Waals surface area contributed by atoms with Gasteiger partial charge in [0.25, 0.3) is 5.91 Å². The summed E-state index contributed by atoms with van der Waals surface area (Å²) in [6.07, 6.45) is 1.56. The van der Waals surface area contributed by atoms with Crippen molar-refractivity contribution in [1.82, 2.24) is 4.90 Å². The van der Waals surface area contributed by atoms with E-state index in [0.717, 1.165) is 12.1 Å². The number of nitrogens with zero attached hydrogens (tertiary/aromatic N) is 1. The minimum absolute atomic E-state index is 0.0375. The molecule has 0 aromatic heterocycles. The van der Waals surface area contributed by atoms with Crippen molar-refractivity contribution < 1.29 is 13.6 Å². The third-order valence-corrected chi connectivity index (χ3v) is 2.53. The molecular weight excluding hydrogens is 238 g/mol. The van der Waals surface area contributed by atoms with Gasteiger partial charge in [-0.25, -0.2) is 8.78 Å².